The predicted molar refractivity (Wildman–Crippen MR) is 61.9 cm³/mol. The zero-order valence-corrected chi connectivity index (χ0v) is 9.69. The minimum absolute atomic E-state index is 0.0358. The molecule has 0 amide bonds. The highest BCUT2D eigenvalue weighted by Gasteiger charge is 2.32. The summed E-state index contributed by atoms with van der Waals surface area (Å²) < 4.78 is 39.7. The van der Waals surface area contributed by atoms with Gasteiger partial charge in [0, 0.05) is 12.7 Å². The lowest BCUT2D eigenvalue weighted by atomic mass is 10.1. The number of alkyl halides is 3. The summed E-state index contributed by atoms with van der Waals surface area (Å²) in [6.07, 6.45) is -3.01. The van der Waals surface area contributed by atoms with E-state index < -0.39 is 17.7 Å². The Balaban J connectivity index is 2.39. The Bertz CT molecular complexity index is 602. The zero-order chi connectivity index (χ0) is 14.0. The molecule has 2 aromatic rings. The normalized spacial score (nSPS) is 11.5. The highest BCUT2D eigenvalue weighted by molar-refractivity contribution is 5.85. The second-order valence-electron chi connectivity index (χ2n) is 3.98. The lowest BCUT2D eigenvalue weighted by Gasteiger charge is -2.14. The van der Waals surface area contributed by atoms with Crippen molar-refractivity contribution in [3.05, 3.63) is 59.4 Å². The maximum atomic E-state index is 12.8. The van der Waals surface area contributed by atoms with Gasteiger partial charge in [-0.15, -0.1) is 0 Å². The van der Waals surface area contributed by atoms with E-state index in [1.807, 2.05) is 0 Å². The molecule has 19 heavy (non-hydrogen) atoms. The standard InChI is InChI=1S/C13H10F3NO2/c14-13(15,16)10-5-2-1-4-9(10)8-17-7-3-6-11(17)12(18)19/h1-7H,8H2,(H,18,19). The Labute approximate surface area is 106 Å². The number of carboxylic acid groups (broad SMARTS) is 1. The molecule has 0 aliphatic heterocycles. The molecule has 1 heterocycles. The van der Waals surface area contributed by atoms with E-state index in [9.17, 15) is 18.0 Å². The summed E-state index contributed by atoms with van der Waals surface area (Å²) >= 11 is 0. The molecule has 1 aromatic heterocycles. The molecule has 0 saturated carbocycles. The van der Waals surface area contributed by atoms with Gasteiger partial charge in [0.15, 0.2) is 0 Å². The first-order valence-corrected chi connectivity index (χ1v) is 5.43. The molecule has 2 rings (SSSR count). The van der Waals surface area contributed by atoms with Crippen LogP contribution in [0.1, 0.15) is 21.6 Å². The molecule has 6 heteroatoms. The van der Waals surface area contributed by atoms with Crippen LogP contribution in [0, 0.1) is 0 Å². The van der Waals surface area contributed by atoms with Crippen LogP contribution in [0.15, 0.2) is 42.6 Å². The fourth-order valence-corrected chi connectivity index (χ4v) is 1.86. The van der Waals surface area contributed by atoms with Crippen LogP contribution in [0.25, 0.3) is 0 Å². The molecule has 0 unspecified atom stereocenters. The second-order valence-corrected chi connectivity index (χ2v) is 3.98. The lowest BCUT2D eigenvalue weighted by Crippen LogP contribution is -2.14. The lowest BCUT2D eigenvalue weighted by molar-refractivity contribution is -0.138. The topological polar surface area (TPSA) is 42.2 Å². The van der Waals surface area contributed by atoms with Crippen molar-refractivity contribution >= 4 is 5.97 Å². The van der Waals surface area contributed by atoms with Crippen molar-refractivity contribution in [2.45, 2.75) is 12.7 Å². The number of aromatic nitrogens is 1. The number of benzene rings is 1. The Hall–Kier alpha value is -2.24. The molecule has 0 aliphatic rings. The Kier molecular flexibility index (Phi) is 3.33. The number of nitrogens with zero attached hydrogens (tertiary/aromatic N) is 1. The van der Waals surface area contributed by atoms with E-state index in [4.69, 9.17) is 5.11 Å². The van der Waals surface area contributed by atoms with Crippen LogP contribution in [0.5, 0.6) is 0 Å². The summed E-state index contributed by atoms with van der Waals surface area (Å²) in [6.45, 7) is -0.135. The van der Waals surface area contributed by atoms with Crippen LogP contribution in [-0.2, 0) is 12.7 Å². The molecular formula is C13H10F3NO2. The van der Waals surface area contributed by atoms with Crippen molar-refractivity contribution in [3.63, 3.8) is 0 Å². The SMILES string of the molecule is O=C(O)c1cccn1Cc1ccccc1C(F)(F)F. The van der Waals surface area contributed by atoms with E-state index in [-0.39, 0.29) is 17.8 Å². The number of hydrogen-bond donors (Lipinski definition) is 1. The van der Waals surface area contributed by atoms with E-state index in [1.165, 1.54) is 41.1 Å². The van der Waals surface area contributed by atoms with Gasteiger partial charge in [-0.05, 0) is 23.8 Å². The minimum Gasteiger partial charge on any atom is -0.477 e. The van der Waals surface area contributed by atoms with E-state index in [2.05, 4.69) is 0 Å². The quantitative estimate of drug-likeness (QED) is 0.929. The molecule has 1 N–H and O–H groups in total. The summed E-state index contributed by atoms with van der Waals surface area (Å²) in [6, 6.07) is 7.96. The Morgan fingerprint density at radius 1 is 1.16 bits per heavy atom. The number of halogens is 3. The van der Waals surface area contributed by atoms with E-state index in [0.29, 0.717) is 0 Å². The monoisotopic (exact) mass is 269 g/mol. The van der Waals surface area contributed by atoms with E-state index >= 15 is 0 Å². The summed E-state index contributed by atoms with van der Waals surface area (Å²) in [5.41, 5.74) is -0.759. The molecule has 100 valence electrons. The molecule has 0 bridgehead atoms. The van der Waals surface area contributed by atoms with Gasteiger partial charge in [0.2, 0.25) is 0 Å². The summed E-state index contributed by atoms with van der Waals surface area (Å²) in [7, 11) is 0. The largest absolute Gasteiger partial charge is 0.477 e. The van der Waals surface area contributed by atoms with Crippen molar-refractivity contribution in [3.8, 4) is 0 Å². The van der Waals surface area contributed by atoms with Crippen molar-refractivity contribution in [1.82, 2.24) is 4.57 Å². The minimum atomic E-state index is -4.45. The van der Waals surface area contributed by atoms with E-state index in [1.54, 1.807) is 0 Å². The number of carboxylic acids is 1. The number of rotatable bonds is 3. The number of aromatic carboxylic acids is 1. The van der Waals surface area contributed by atoms with E-state index in [0.717, 1.165) is 6.07 Å². The first-order chi connectivity index (χ1) is 8.89. The van der Waals surface area contributed by atoms with Crippen LogP contribution in [-0.4, -0.2) is 15.6 Å². The molecule has 0 aliphatic carbocycles. The molecular weight excluding hydrogens is 259 g/mol. The van der Waals surface area contributed by atoms with Gasteiger partial charge in [-0.25, -0.2) is 4.79 Å². The van der Waals surface area contributed by atoms with Crippen molar-refractivity contribution in [2.24, 2.45) is 0 Å². The summed E-state index contributed by atoms with van der Waals surface area (Å²) in [5.74, 6) is -1.17. The molecule has 0 atom stereocenters. The van der Waals surface area contributed by atoms with Crippen LogP contribution < -0.4 is 0 Å². The number of carbonyl (C=O) groups is 1. The van der Waals surface area contributed by atoms with Crippen molar-refractivity contribution < 1.29 is 23.1 Å². The summed E-state index contributed by atoms with van der Waals surface area (Å²) in [4.78, 5) is 10.9. The molecule has 3 nitrogen and oxygen atoms in total. The first kappa shape index (κ1) is 13.2. The smallest absolute Gasteiger partial charge is 0.416 e. The fraction of sp³-hybridized carbons (Fsp3) is 0.154. The van der Waals surface area contributed by atoms with Crippen LogP contribution in [0.2, 0.25) is 0 Å². The molecule has 0 fully saturated rings. The van der Waals surface area contributed by atoms with Gasteiger partial charge in [0.05, 0.1) is 5.56 Å². The average Bonchev–Trinajstić information content (AvgIpc) is 2.76. The van der Waals surface area contributed by atoms with Crippen molar-refractivity contribution in [1.29, 1.82) is 0 Å². The van der Waals surface area contributed by atoms with Crippen LogP contribution in [0.3, 0.4) is 0 Å². The third kappa shape index (κ3) is 2.78. The Morgan fingerprint density at radius 2 is 1.84 bits per heavy atom. The maximum Gasteiger partial charge on any atom is 0.416 e. The third-order valence-corrected chi connectivity index (χ3v) is 2.71. The Morgan fingerprint density at radius 3 is 2.47 bits per heavy atom. The highest BCUT2D eigenvalue weighted by atomic mass is 19.4. The van der Waals surface area contributed by atoms with Gasteiger partial charge in [-0.2, -0.15) is 13.2 Å². The van der Waals surface area contributed by atoms with Gasteiger partial charge in [-0.3, -0.25) is 0 Å². The predicted octanol–water partition coefficient (Wildman–Crippen LogP) is 3.25. The van der Waals surface area contributed by atoms with Gasteiger partial charge in [-0.1, -0.05) is 18.2 Å². The third-order valence-electron chi connectivity index (χ3n) is 2.71. The van der Waals surface area contributed by atoms with Crippen molar-refractivity contribution in [2.75, 3.05) is 0 Å². The second kappa shape index (κ2) is 4.79. The molecule has 0 radical (unpaired) electrons. The highest BCUT2D eigenvalue weighted by Crippen LogP contribution is 2.32. The van der Waals surface area contributed by atoms with Crippen LogP contribution in [0.4, 0.5) is 13.2 Å². The molecule has 0 spiro atoms. The first-order valence-electron chi connectivity index (χ1n) is 5.43. The average molecular weight is 269 g/mol. The van der Waals surface area contributed by atoms with Gasteiger partial charge in [0.25, 0.3) is 0 Å². The van der Waals surface area contributed by atoms with Gasteiger partial charge in [0.1, 0.15) is 5.69 Å². The summed E-state index contributed by atoms with van der Waals surface area (Å²) in [5, 5.41) is 8.92. The molecule has 1 aromatic carbocycles. The zero-order valence-electron chi connectivity index (χ0n) is 9.69. The van der Waals surface area contributed by atoms with Gasteiger partial charge >= 0.3 is 12.1 Å². The number of hydrogen-bond acceptors (Lipinski definition) is 1. The van der Waals surface area contributed by atoms with Crippen LogP contribution >= 0.6 is 0 Å². The maximum absolute atomic E-state index is 12.8. The fourth-order valence-electron chi connectivity index (χ4n) is 1.86. The molecule has 0 saturated heterocycles. The van der Waals surface area contributed by atoms with Gasteiger partial charge < -0.3 is 9.67 Å².